The Bertz CT molecular complexity index is 775. The van der Waals surface area contributed by atoms with Crippen molar-refractivity contribution < 1.29 is 23.6 Å². The highest BCUT2D eigenvalue weighted by Crippen LogP contribution is 2.13. The van der Waals surface area contributed by atoms with Crippen LogP contribution in [0.2, 0.25) is 0 Å². The maximum absolute atomic E-state index is 13.5. The van der Waals surface area contributed by atoms with Gasteiger partial charge in [-0.3, -0.25) is 4.79 Å². The predicted molar refractivity (Wildman–Crippen MR) is 91.0 cm³/mol. The maximum Gasteiger partial charge on any atom is 0.337 e. The average Bonchev–Trinajstić information content (AvgIpc) is 2.63. The van der Waals surface area contributed by atoms with Crippen molar-refractivity contribution in [2.45, 2.75) is 13.0 Å². The molecule has 0 aliphatic heterocycles. The topological polar surface area (TPSA) is 77.0 Å². The van der Waals surface area contributed by atoms with Crippen LogP contribution in [0, 0.1) is 5.82 Å². The largest absolute Gasteiger partial charge is 0.465 e. The normalized spacial score (nSPS) is 11.8. The van der Waals surface area contributed by atoms with E-state index in [0.717, 1.165) is 0 Å². The van der Waals surface area contributed by atoms with E-state index in [0.29, 0.717) is 11.1 Å². The lowest BCUT2D eigenvalue weighted by atomic mass is 10.1. The molecule has 2 rings (SSSR count). The summed E-state index contributed by atoms with van der Waals surface area (Å²) in [4.78, 5) is 28.3. The fourth-order valence-corrected chi connectivity index (χ4v) is 1.85. The molecule has 0 heterocycles. The van der Waals surface area contributed by atoms with Gasteiger partial charge >= 0.3 is 5.97 Å². The molecule has 0 aliphatic rings. The second-order valence-corrected chi connectivity index (χ2v) is 5.06. The minimum absolute atomic E-state index is 0.0744. The highest BCUT2D eigenvalue weighted by Gasteiger charge is 2.15. The van der Waals surface area contributed by atoms with E-state index in [9.17, 15) is 14.0 Å². The van der Waals surface area contributed by atoms with Crippen LogP contribution in [-0.4, -0.2) is 31.3 Å². The molecule has 0 aliphatic carbocycles. The van der Waals surface area contributed by atoms with Crippen LogP contribution in [0.25, 0.3) is 0 Å². The van der Waals surface area contributed by atoms with Crippen LogP contribution in [0.15, 0.2) is 53.7 Å². The van der Waals surface area contributed by atoms with Crippen molar-refractivity contribution in [1.29, 1.82) is 0 Å². The number of carbonyl (C=O) groups is 2. The predicted octanol–water partition coefficient (Wildman–Crippen LogP) is 2.99. The van der Waals surface area contributed by atoms with E-state index in [2.05, 4.69) is 15.2 Å². The number of para-hydroxylation sites is 1. The molecular formula is C18H17FN2O4. The molecule has 7 heteroatoms. The van der Waals surface area contributed by atoms with Crippen LogP contribution >= 0.6 is 0 Å². The molecule has 0 bridgehead atoms. The van der Waals surface area contributed by atoms with Gasteiger partial charge in [-0.1, -0.05) is 29.4 Å². The number of methoxy groups -OCH3 is 1. The van der Waals surface area contributed by atoms with Crippen molar-refractivity contribution in [3.63, 3.8) is 0 Å². The van der Waals surface area contributed by atoms with E-state index in [-0.39, 0.29) is 5.69 Å². The van der Waals surface area contributed by atoms with Crippen molar-refractivity contribution in [1.82, 2.24) is 0 Å². The van der Waals surface area contributed by atoms with Gasteiger partial charge in [-0.15, -0.1) is 0 Å². The Kier molecular flexibility index (Phi) is 6.22. The summed E-state index contributed by atoms with van der Waals surface area (Å²) in [6.07, 6.45) is 0.485. The molecule has 0 radical (unpaired) electrons. The van der Waals surface area contributed by atoms with Crippen molar-refractivity contribution in [3.05, 3.63) is 65.5 Å². The van der Waals surface area contributed by atoms with E-state index in [1.54, 1.807) is 30.3 Å². The lowest BCUT2D eigenvalue weighted by molar-refractivity contribution is -0.126. The molecule has 2 aromatic carbocycles. The van der Waals surface area contributed by atoms with Gasteiger partial charge in [0.15, 0.2) is 0 Å². The molecule has 0 aromatic heterocycles. The number of hydrogen-bond donors (Lipinski definition) is 1. The third-order valence-electron chi connectivity index (χ3n) is 3.25. The Balaban J connectivity index is 1.89. The molecule has 1 amide bonds. The molecule has 0 saturated carbocycles. The van der Waals surface area contributed by atoms with Gasteiger partial charge in [0.25, 0.3) is 5.91 Å². The van der Waals surface area contributed by atoms with Crippen LogP contribution in [0.1, 0.15) is 22.8 Å². The first-order valence-corrected chi connectivity index (χ1v) is 7.44. The van der Waals surface area contributed by atoms with Gasteiger partial charge in [-0.2, -0.15) is 0 Å². The Morgan fingerprint density at radius 3 is 2.48 bits per heavy atom. The standard InChI is InChI=1S/C18H17FN2O4/c1-12(17(22)21-16-6-4-3-5-15(16)19)25-20-11-13-7-9-14(10-8-13)18(23)24-2/h3-12H,1-2H3,(H,21,22)/b20-11+. The third-order valence-corrected chi connectivity index (χ3v) is 3.25. The molecule has 0 spiro atoms. The number of oxime groups is 1. The summed E-state index contributed by atoms with van der Waals surface area (Å²) in [5, 5.41) is 6.15. The highest BCUT2D eigenvalue weighted by atomic mass is 19.1. The fraction of sp³-hybridized carbons (Fsp3) is 0.167. The van der Waals surface area contributed by atoms with Crippen molar-refractivity contribution in [2.75, 3.05) is 12.4 Å². The molecular weight excluding hydrogens is 327 g/mol. The van der Waals surface area contributed by atoms with Crippen LogP contribution in [-0.2, 0) is 14.4 Å². The zero-order valence-electron chi connectivity index (χ0n) is 13.7. The number of ether oxygens (including phenoxy) is 1. The molecule has 130 valence electrons. The molecule has 1 atom stereocenters. The third kappa shape index (κ3) is 5.13. The summed E-state index contributed by atoms with van der Waals surface area (Å²) >= 11 is 0. The lowest BCUT2D eigenvalue weighted by Gasteiger charge is -2.10. The highest BCUT2D eigenvalue weighted by molar-refractivity contribution is 5.94. The number of amides is 1. The molecule has 1 unspecified atom stereocenters. The summed E-state index contributed by atoms with van der Waals surface area (Å²) in [7, 11) is 1.30. The fourth-order valence-electron chi connectivity index (χ4n) is 1.85. The first-order chi connectivity index (χ1) is 12.0. The number of rotatable bonds is 6. The molecule has 6 nitrogen and oxygen atoms in total. The zero-order chi connectivity index (χ0) is 18.2. The summed E-state index contributed by atoms with van der Waals surface area (Å²) < 4.78 is 18.1. The molecule has 2 aromatic rings. The zero-order valence-corrected chi connectivity index (χ0v) is 13.7. The lowest BCUT2D eigenvalue weighted by Crippen LogP contribution is -2.26. The summed E-state index contributed by atoms with van der Waals surface area (Å²) in [6.45, 7) is 1.49. The second kappa shape index (κ2) is 8.58. The van der Waals surface area contributed by atoms with Gasteiger partial charge in [0, 0.05) is 0 Å². The van der Waals surface area contributed by atoms with Crippen molar-refractivity contribution in [3.8, 4) is 0 Å². The van der Waals surface area contributed by atoms with Crippen LogP contribution in [0.3, 0.4) is 0 Å². The Labute approximate surface area is 144 Å². The van der Waals surface area contributed by atoms with Gasteiger partial charge in [-0.25, -0.2) is 9.18 Å². The van der Waals surface area contributed by atoms with E-state index in [1.165, 1.54) is 38.4 Å². The minimum atomic E-state index is -0.912. The number of halogens is 1. The smallest absolute Gasteiger partial charge is 0.337 e. The minimum Gasteiger partial charge on any atom is -0.465 e. The number of esters is 1. The van der Waals surface area contributed by atoms with Gasteiger partial charge in [0.2, 0.25) is 6.10 Å². The molecule has 0 fully saturated rings. The van der Waals surface area contributed by atoms with Gasteiger partial charge in [0.05, 0.1) is 24.6 Å². The number of hydrogen-bond acceptors (Lipinski definition) is 5. The average molecular weight is 344 g/mol. The number of nitrogens with zero attached hydrogens (tertiary/aromatic N) is 1. The first kappa shape index (κ1) is 18.1. The van der Waals surface area contributed by atoms with E-state index in [4.69, 9.17) is 4.84 Å². The van der Waals surface area contributed by atoms with Crippen LogP contribution < -0.4 is 5.32 Å². The first-order valence-electron chi connectivity index (χ1n) is 7.44. The Hall–Kier alpha value is -3.22. The Morgan fingerprint density at radius 2 is 1.84 bits per heavy atom. The van der Waals surface area contributed by atoms with Crippen molar-refractivity contribution >= 4 is 23.8 Å². The maximum atomic E-state index is 13.5. The van der Waals surface area contributed by atoms with Gasteiger partial charge < -0.3 is 14.9 Å². The van der Waals surface area contributed by atoms with Gasteiger partial charge in [-0.05, 0) is 36.8 Å². The monoisotopic (exact) mass is 344 g/mol. The second-order valence-electron chi connectivity index (χ2n) is 5.06. The van der Waals surface area contributed by atoms with Crippen LogP contribution in [0.4, 0.5) is 10.1 Å². The molecule has 1 N–H and O–H groups in total. The van der Waals surface area contributed by atoms with Crippen molar-refractivity contribution in [2.24, 2.45) is 5.16 Å². The number of carbonyl (C=O) groups excluding carboxylic acids is 2. The SMILES string of the molecule is COC(=O)c1ccc(/C=N/OC(C)C(=O)Nc2ccccc2F)cc1. The molecule has 25 heavy (non-hydrogen) atoms. The van der Waals surface area contributed by atoms with E-state index >= 15 is 0 Å². The van der Waals surface area contributed by atoms with Crippen LogP contribution in [0.5, 0.6) is 0 Å². The summed E-state index contributed by atoms with van der Waals surface area (Å²) in [6, 6.07) is 12.3. The van der Waals surface area contributed by atoms with Gasteiger partial charge in [0.1, 0.15) is 5.82 Å². The molecule has 0 saturated heterocycles. The number of anilines is 1. The summed E-state index contributed by atoms with van der Waals surface area (Å²) in [5.41, 5.74) is 1.16. The van der Waals surface area contributed by atoms with E-state index in [1.807, 2.05) is 0 Å². The van der Waals surface area contributed by atoms with E-state index < -0.39 is 23.8 Å². The number of nitrogens with one attached hydrogen (secondary N) is 1. The Morgan fingerprint density at radius 1 is 1.16 bits per heavy atom. The quantitative estimate of drug-likeness (QED) is 0.496. The number of benzene rings is 2. The summed E-state index contributed by atoms with van der Waals surface area (Å²) in [5.74, 6) is -1.49.